The van der Waals surface area contributed by atoms with Gasteiger partial charge in [-0.1, -0.05) is 0 Å². The molecule has 0 saturated carbocycles. The average molecular weight is 326 g/mol. The molecule has 0 bridgehead atoms. The second kappa shape index (κ2) is 5.00. The maximum Gasteiger partial charge on any atom is 0.253 e. The van der Waals surface area contributed by atoms with Crippen LogP contribution in [0.3, 0.4) is 0 Å². The van der Waals surface area contributed by atoms with Gasteiger partial charge < -0.3 is 11.1 Å². The van der Waals surface area contributed by atoms with Crippen molar-refractivity contribution < 1.29 is 14.4 Å². The molecule has 100 valence electrons. The highest BCUT2D eigenvalue weighted by Gasteiger charge is 2.37. The van der Waals surface area contributed by atoms with Crippen molar-refractivity contribution in [1.29, 1.82) is 0 Å². The van der Waals surface area contributed by atoms with Crippen molar-refractivity contribution in [2.45, 2.75) is 12.5 Å². The van der Waals surface area contributed by atoms with Gasteiger partial charge in [0.05, 0.1) is 12.0 Å². The molecule has 3 N–H and O–H groups in total. The van der Waals surface area contributed by atoms with Crippen LogP contribution in [-0.2, 0) is 9.59 Å². The Morgan fingerprint density at radius 2 is 2.16 bits per heavy atom. The van der Waals surface area contributed by atoms with Crippen molar-refractivity contribution in [2.75, 3.05) is 12.8 Å². The Hall–Kier alpha value is -1.89. The number of likely N-dealkylation sites (N-methyl/N-ethyl adjacent to an activating group) is 1. The van der Waals surface area contributed by atoms with E-state index < -0.39 is 17.9 Å². The maximum atomic E-state index is 12.1. The number of nitrogens with two attached hydrogens (primary N) is 1. The Morgan fingerprint density at radius 3 is 2.74 bits per heavy atom. The van der Waals surface area contributed by atoms with Gasteiger partial charge in [0, 0.05) is 17.2 Å². The fourth-order valence-electron chi connectivity index (χ4n) is 1.82. The molecule has 19 heavy (non-hydrogen) atoms. The molecule has 6 nitrogen and oxygen atoms in total. The summed E-state index contributed by atoms with van der Waals surface area (Å²) in [6, 6.07) is 4.00. The quantitative estimate of drug-likeness (QED) is 0.612. The highest BCUT2D eigenvalue weighted by Crippen LogP contribution is 2.20. The molecule has 1 unspecified atom stereocenters. The largest absolute Gasteiger partial charge is 0.399 e. The summed E-state index contributed by atoms with van der Waals surface area (Å²) in [5.74, 6) is -1.15. The second-order valence-corrected chi connectivity index (χ2v) is 5.11. The molecule has 1 heterocycles. The minimum Gasteiger partial charge on any atom is -0.399 e. The highest BCUT2D eigenvalue weighted by atomic mass is 79.9. The van der Waals surface area contributed by atoms with E-state index in [4.69, 9.17) is 5.73 Å². The van der Waals surface area contributed by atoms with Crippen molar-refractivity contribution in [3.8, 4) is 0 Å². The zero-order valence-corrected chi connectivity index (χ0v) is 11.7. The molecule has 2 rings (SSSR count). The van der Waals surface area contributed by atoms with Crippen LogP contribution in [0.5, 0.6) is 0 Å². The number of carbonyl (C=O) groups is 3. The minimum atomic E-state index is -0.807. The topological polar surface area (TPSA) is 92.5 Å². The molecular weight excluding hydrogens is 314 g/mol. The van der Waals surface area contributed by atoms with Gasteiger partial charge in [-0.2, -0.15) is 0 Å². The van der Waals surface area contributed by atoms with Gasteiger partial charge in [-0.15, -0.1) is 0 Å². The van der Waals surface area contributed by atoms with Gasteiger partial charge in [0.25, 0.3) is 11.8 Å². The monoisotopic (exact) mass is 325 g/mol. The van der Waals surface area contributed by atoms with Crippen LogP contribution in [0.1, 0.15) is 16.8 Å². The van der Waals surface area contributed by atoms with E-state index in [1.165, 1.54) is 13.1 Å². The summed E-state index contributed by atoms with van der Waals surface area (Å²) < 4.78 is 0.573. The minimum absolute atomic E-state index is 0.0129. The fourth-order valence-corrected chi connectivity index (χ4v) is 2.25. The first-order valence-corrected chi connectivity index (χ1v) is 6.35. The number of benzene rings is 1. The van der Waals surface area contributed by atoms with Gasteiger partial charge in [0.15, 0.2) is 0 Å². The fraction of sp³-hybridized carbons (Fsp3) is 0.250. The van der Waals surface area contributed by atoms with E-state index >= 15 is 0 Å². The van der Waals surface area contributed by atoms with Crippen LogP contribution in [0, 0.1) is 0 Å². The molecule has 1 aliphatic rings. The van der Waals surface area contributed by atoms with Crippen LogP contribution in [0.4, 0.5) is 5.69 Å². The number of anilines is 1. The summed E-state index contributed by atoms with van der Waals surface area (Å²) in [6.07, 6.45) is -0.0129. The van der Waals surface area contributed by atoms with Gasteiger partial charge in [-0.25, -0.2) is 0 Å². The lowest BCUT2D eigenvalue weighted by atomic mass is 10.1. The predicted octanol–water partition coefficient (Wildman–Crippen LogP) is 0.518. The molecule has 1 aromatic carbocycles. The summed E-state index contributed by atoms with van der Waals surface area (Å²) in [5.41, 5.74) is 6.39. The van der Waals surface area contributed by atoms with E-state index in [9.17, 15) is 14.4 Å². The molecule has 1 fully saturated rings. The molecule has 0 aromatic heterocycles. The van der Waals surface area contributed by atoms with E-state index in [1.54, 1.807) is 12.1 Å². The van der Waals surface area contributed by atoms with E-state index in [2.05, 4.69) is 21.2 Å². The van der Waals surface area contributed by atoms with E-state index in [0.29, 0.717) is 15.7 Å². The number of hydrogen-bond donors (Lipinski definition) is 2. The predicted molar refractivity (Wildman–Crippen MR) is 72.2 cm³/mol. The van der Waals surface area contributed by atoms with Crippen molar-refractivity contribution in [3.63, 3.8) is 0 Å². The molecule has 7 heteroatoms. The van der Waals surface area contributed by atoms with Crippen LogP contribution < -0.4 is 11.1 Å². The molecule has 3 amide bonds. The first kappa shape index (κ1) is 13.5. The van der Waals surface area contributed by atoms with Crippen LogP contribution >= 0.6 is 15.9 Å². The van der Waals surface area contributed by atoms with Gasteiger partial charge in [0.1, 0.15) is 6.04 Å². The molecular formula is C12H12BrN3O3. The molecule has 1 atom stereocenters. The molecule has 0 aliphatic carbocycles. The lowest BCUT2D eigenvalue weighted by Crippen LogP contribution is -2.40. The van der Waals surface area contributed by atoms with E-state index in [0.717, 1.165) is 4.90 Å². The summed E-state index contributed by atoms with van der Waals surface area (Å²) in [5, 5.41) is 2.54. The number of hydrogen-bond acceptors (Lipinski definition) is 4. The molecule has 1 aromatic rings. The Morgan fingerprint density at radius 1 is 1.47 bits per heavy atom. The van der Waals surface area contributed by atoms with Crippen molar-refractivity contribution >= 4 is 39.3 Å². The van der Waals surface area contributed by atoms with Crippen LogP contribution in [0.25, 0.3) is 0 Å². The van der Waals surface area contributed by atoms with Crippen molar-refractivity contribution in [3.05, 3.63) is 28.2 Å². The van der Waals surface area contributed by atoms with Gasteiger partial charge in [0.2, 0.25) is 5.91 Å². The third-order valence-corrected chi connectivity index (χ3v) is 3.61. The second-order valence-electron chi connectivity index (χ2n) is 4.26. The Balaban J connectivity index is 2.16. The van der Waals surface area contributed by atoms with E-state index in [1.807, 2.05) is 0 Å². The summed E-state index contributed by atoms with van der Waals surface area (Å²) >= 11 is 3.24. The number of rotatable bonds is 2. The normalized spacial score (nSPS) is 18.8. The van der Waals surface area contributed by atoms with Gasteiger partial charge >= 0.3 is 0 Å². The summed E-state index contributed by atoms with van der Waals surface area (Å²) in [7, 11) is 1.40. The zero-order valence-electron chi connectivity index (χ0n) is 10.1. The number of nitrogen functional groups attached to an aromatic ring is 1. The third-order valence-electron chi connectivity index (χ3n) is 2.92. The van der Waals surface area contributed by atoms with Crippen LogP contribution in [0.15, 0.2) is 22.7 Å². The SMILES string of the molecule is CN1C(=O)CC(NC(=O)c2cc(N)ccc2Br)C1=O. The molecule has 1 aliphatic heterocycles. The van der Waals surface area contributed by atoms with E-state index in [-0.39, 0.29) is 12.3 Å². The standard InChI is InChI=1S/C12H12BrN3O3/c1-16-10(17)5-9(12(16)19)15-11(18)7-4-6(14)2-3-8(7)13/h2-4,9H,5,14H2,1H3,(H,15,18). The number of amides is 3. The number of halogens is 1. The molecule has 0 spiro atoms. The molecule has 0 radical (unpaired) electrons. The van der Waals surface area contributed by atoms with Gasteiger partial charge in [-0.3, -0.25) is 19.3 Å². The Kier molecular flexibility index (Phi) is 3.57. The molecule has 1 saturated heterocycles. The summed E-state index contributed by atoms with van der Waals surface area (Å²) in [6.45, 7) is 0. The maximum absolute atomic E-state index is 12.1. The average Bonchev–Trinajstić information content (AvgIpc) is 2.60. The first-order chi connectivity index (χ1) is 8.90. The zero-order chi connectivity index (χ0) is 14.2. The number of nitrogens with one attached hydrogen (secondary N) is 1. The summed E-state index contributed by atoms with van der Waals surface area (Å²) in [4.78, 5) is 36.1. The number of likely N-dealkylation sites (tertiary alicyclic amines) is 1. The third kappa shape index (κ3) is 2.60. The smallest absolute Gasteiger partial charge is 0.253 e. The number of imide groups is 1. The number of carbonyl (C=O) groups excluding carboxylic acids is 3. The van der Waals surface area contributed by atoms with Crippen LogP contribution in [-0.4, -0.2) is 35.7 Å². The van der Waals surface area contributed by atoms with Crippen molar-refractivity contribution in [1.82, 2.24) is 10.2 Å². The Labute approximate surface area is 118 Å². The number of nitrogens with zero attached hydrogens (tertiary/aromatic N) is 1. The Bertz CT molecular complexity index is 573. The highest BCUT2D eigenvalue weighted by molar-refractivity contribution is 9.10. The lowest BCUT2D eigenvalue weighted by molar-refractivity contribution is -0.137. The van der Waals surface area contributed by atoms with Crippen LogP contribution in [0.2, 0.25) is 0 Å². The lowest BCUT2D eigenvalue weighted by Gasteiger charge is -2.12. The van der Waals surface area contributed by atoms with Crippen molar-refractivity contribution in [2.24, 2.45) is 0 Å². The van der Waals surface area contributed by atoms with Gasteiger partial charge in [-0.05, 0) is 34.1 Å². The first-order valence-electron chi connectivity index (χ1n) is 5.56.